The van der Waals surface area contributed by atoms with Crippen LogP contribution < -0.4 is 0 Å². The van der Waals surface area contributed by atoms with Gasteiger partial charge < -0.3 is 4.40 Å². The Morgan fingerprint density at radius 1 is 1.16 bits per heavy atom. The fourth-order valence-electron chi connectivity index (χ4n) is 2.05. The Morgan fingerprint density at radius 3 is 3.00 bits per heavy atom. The molecule has 19 heavy (non-hydrogen) atoms. The molecule has 92 valence electrons. The van der Waals surface area contributed by atoms with Crippen molar-refractivity contribution in [1.82, 2.24) is 29.4 Å². The third-order valence-electron chi connectivity index (χ3n) is 2.88. The van der Waals surface area contributed by atoms with Crippen molar-refractivity contribution in [2.45, 2.75) is 0 Å². The Morgan fingerprint density at radius 2 is 2.05 bits per heavy atom. The number of benzene rings is 1. The molecule has 0 aliphatic heterocycles. The number of para-hydroxylation sites is 1. The minimum atomic E-state index is 0.646. The molecule has 4 rings (SSSR count). The zero-order chi connectivity index (χ0) is 12.8. The highest BCUT2D eigenvalue weighted by Crippen LogP contribution is 2.19. The first-order chi connectivity index (χ1) is 9.33. The van der Waals surface area contributed by atoms with Crippen LogP contribution in [-0.4, -0.2) is 29.4 Å². The normalized spacial score (nSPS) is 11.4. The Bertz CT molecular complexity index is 893. The van der Waals surface area contributed by atoms with Crippen molar-refractivity contribution in [3.63, 3.8) is 0 Å². The molecule has 0 aliphatic carbocycles. The van der Waals surface area contributed by atoms with Gasteiger partial charge in [-0.1, -0.05) is 17.3 Å². The van der Waals surface area contributed by atoms with E-state index < -0.39 is 0 Å². The van der Waals surface area contributed by atoms with Gasteiger partial charge in [0.05, 0.1) is 5.52 Å². The number of fused-ring (bicyclic) bond motifs is 2. The van der Waals surface area contributed by atoms with Gasteiger partial charge >= 0.3 is 0 Å². The first-order valence-corrected chi connectivity index (χ1v) is 6.42. The number of imidazole rings is 1. The predicted octanol–water partition coefficient (Wildman–Crippen LogP) is 2.23. The summed E-state index contributed by atoms with van der Waals surface area (Å²) in [6, 6.07) is 7.75. The molecule has 1 aromatic carbocycles. The van der Waals surface area contributed by atoms with E-state index in [4.69, 9.17) is 0 Å². The summed E-state index contributed by atoms with van der Waals surface area (Å²) < 4.78 is 4.30. The van der Waals surface area contributed by atoms with E-state index in [1.165, 1.54) is 0 Å². The fourth-order valence-corrected chi connectivity index (χ4v) is 2.44. The minimum Gasteiger partial charge on any atom is -0.301 e. The lowest BCUT2D eigenvalue weighted by molar-refractivity contribution is 0.796. The highest BCUT2D eigenvalue weighted by Gasteiger charge is 2.13. The van der Waals surface area contributed by atoms with Gasteiger partial charge in [0, 0.05) is 18.6 Å². The summed E-state index contributed by atoms with van der Waals surface area (Å²) >= 11 is 3.40. The average Bonchev–Trinajstić information content (AvgIpc) is 3.03. The molecule has 0 amide bonds. The van der Waals surface area contributed by atoms with Crippen LogP contribution in [0.3, 0.4) is 0 Å². The Hall–Kier alpha value is -2.28. The first kappa shape index (κ1) is 10.6. The summed E-state index contributed by atoms with van der Waals surface area (Å²) in [6.07, 6.45) is 5.45. The molecule has 4 aromatic rings. The summed E-state index contributed by atoms with van der Waals surface area (Å²) in [5.41, 5.74) is 2.46. The third kappa shape index (κ3) is 1.55. The molecule has 0 aliphatic rings. The monoisotopic (exact) mass is 314 g/mol. The molecule has 6 nitrogen and oxygen atoms in total. The van der Waals surface area contributed by atoms with Gasteiger partial charge in [-0.15, -0.1) is 5.10 Å². The van der Waals surface area contributed by atoms with Crippen molar-refractivity contribution in [2.75, 3.05) is 0 Å². The van der Waals surface area contributed by atoms with Gasteiger partial charge in [-0.2, -0.15) is 4.68 Å². The van der Waals surface area contributed by atoms with Crippen molar-refractivity contribution in [3.05, 3.63) is 47.5 Å². The van der Waals surface area contributed by atoms with Crippen LogP contribution in [0.2, 0.25) is 0 Å². The van der Waals surface area contributed by atoms with E-state index in [0.29, 0.717) is 10.4 Å². The second kappa shape index (κ2) is 3.86. The SMILES string of the molecule is Brc1cn2ccnc2c(-n2nnc3ccccc32)n1. The number of halogens is 1. The zero-order valence-electron chi connectivity index (χ0n) is 9.60. The molecule has 0 bridgehead atoms. The molecular weight excluding hydrogens is 308 g/mol. The molecule has 7 heteroatoms. The average molecular weight is 315 g/mol. The van der Waals surface area contributed by atoms with Crippen molar-refractivity contribution in [1.29, 1.82) is 0 Å². The Kier molecular flexibility index (Phi) is 2.16. The molecule has 0 atom stereocenters. The second-order valence-corrected chi connectivity index (χ2v) is 4.85. The van der Waals surface area contributed by atoms with Crippen LogP contribution in [0.25, 0.3) is 22.5 Å². The van der Waals surface area contributed by atoms with Crippen molar-refractivity contribution in [3.8, 4) is 5.82 Å². The molecule has 0 fully saturated rings. The fraction of sp³-hybridized carbons (Fsp3) is 0. The molecule has 0 unspecified atom stereocenters. The largest absolute Gasteiger partial charge is 0.301 e. The van der Waals surface area contributed by atoms with E-state index in [1.54, 1.807) is 10.9 Å². The number of hydrogen-bond acceptors (Lipinski definition) is 4. The van der Waals surface area contributed by atoms with Crippen LogP contribution in [0.15, 0.2) is 47.5 Å². The quantitative estimate of drug-likeness (QED) is 0.540. The van der Waals surface area contributed by atoms with E-state index in [2.05, 4.69) is 36.2 Å². The smallest absolute Gasteiger partial charge is 0.200 e. The minimum absolute atomic E-state index is 0.646. The molecule has 3 heterocycles. The molecule has 3 aromatic heterocycles. The number of rotatable bonds is 1. The van der Waals surface area contributed by atoms with Gasteiger partial charge in [-0.25, -0.2) is 9.97 Å². The van der Waals surface area contributed by atoms with E-state index in [0.717, 1.165) is 16.7 Å². The van der Waals surface area contributed by atoms with Crippen LogP contribution in [0.1, 0.15) is 0 Å². The molecule has 0 radical (unpaired) electrons. The summed E-state index contributed by atoms with van der Waals surface area (Å²) in [6.45, 7) is 0. The number of aromatic nitrogens is 6. The Balaban J connectivity index is 2.11. The van der Waals surface area contributed by atoms with Gasteiger partial charge in [-0.3, -0.25) is 0 Å². The summed E-state index contributed by atoms with van der Waals surface area (Å²) in [5.74, 6) is 0.646. The lowest BCUT2D eigenvalue weighted by Crippen LogP contribution is -2.04. The number of hydrogen-bond donors (Lipinski definition) is 0. The van der Waals surface area contributed by atoms with Crippen LogP contribution in [0.4, 0.5) is 0 Å². The lowest BCUT2D eigenvalue weighted by atomic mass is 10.3. The predicted molar refractivity (Wildman–Crippen MR) is 73.1 cm³/mol. The molecule has 0 saturated carbocycles. The van der Waals surface area contributed by atoms with Crippen LogP contribution in [0.5, 0.6) is 0 Å². The van der Waals surface area contributed by atoms with Gasteiger partial charge in [0.25, 0.3) is 0 Å². The molecule has 0 saturated heterocycles. The first-order valence-electron chi connectivity index (χ1n) is 5.63. The van der Waals surface area contributed by atoms with Crippen LogP contribution in [-0.2, 0) is 0 Å². The maximum absolute atomic E-state index is 4.46. The topological polar surface area (TPSA) is 60.9 Å². The van der Waals surface area contributed by atoms with Gasteiger partial charge in [0.2, 0.25) is 5.82 Å². The summed E-state index contributed by atoms with van der Waals surface area (Å²) in [7, 11) is 0. The van der Waals surface area contributed by atoms with E-state index in [-0.39, 0.29) is 0 Å². The molecule has 0 N–H and O–H groups in total. The maximum Gasteiger partial charge on any atom is 0.200 e. The zero-order valence-corrected chi connectivity index (χ0v) is 11.2. The van der Waals surface area contributed by atoms with E-state index in [1.807, 2.05) is 41.1 Å². The summed E-state index contributed by atoms with van der Waals surface area (Å²) in [4.78, 5) is 8.77. The van der Waals surface area contributed by atoms with Crippen molar-refractivity contribution >= 4 is 32.6 Å². The van der Waals surface area contributed by atoms with Gasteiger partial charge in [0.1, 0.15) is 10.1 Å². The van der Waals surface area contributed by atoms with Crippen molar-refractivity contribution < 1.29 is 0 Å². The van der Waals surface area contributed by atoms with Crippen molar-refractivity contribution in [2.24, 2.45) is 0 Å². The van der Waals surface area contributed by atoms with Crippen LogP contribution in [0, 0.1) is 0 Å². The standard InChI is InChI=1S/C12H7BrN6/c13-10-7-18-6-5-14-11(18)12(15-10)19-9-4-2-1-3-8(9)16-17-19/h1-7H. The van der Waals surface area contributed by atoms with E-state index in [9.17, 15) is 0 Å². The summed E-state index contributed by atoms with van der Waals surface area (Å²) in [5, 5.41) is 8.30. The molecule has 0 spiro atoms. The maximum atomic E-state index is 4.46. The van der Waals surface area contributed by atoms with Gasteiger partial charge in [0.15, 0.2) is 5.65 Å². The van der Waals surface area contributed by atoms with E-state index >= 15 is 0 Å². The van der Waals surface area contributed by atoms with Crippen LogP contribution >= 0.6 is 15.9 Å². The third-order valence-corrected chi connectivity index (χ3v) is 3.26. The second-order valence-electron chi connectivity index (χ2n) is 4.04. The Labute approximate surface area is 115 Å². The number of nitrogens with zero attached hydrogens (tertiary/aromatic N) is 6. The lowest BCUT2D eigenvalue weighted by Gasteiger charge is -2.04. The highest BCUT2D eigenvalue weighted by atomic mass is 79.9. The van der Waals surface area contributed by atoms with Gasteiger partial charge in [-0.05, 0) is 28.1 Å². The highest BCUT2D eigenvalue weighted by molar-refractivity contribution is 9.10. The molecular formula is C12H7BrN6.